The minimum absolute atomic E-state index is 0.156. The van der Waals surface area contributed by atoms with Gasteiger partial charge in [-0.2, -0.15) is 0 Å². The highest BCUT2D eigenvalue weighted by Crippen LogP contribution is 2.27. The molecule has 36 heavy (non-hydrogen) atoms. The van der Waals surface area contributed by atoms with Crippen molar-refractivity contribution in [2.45, 2.75) is 39.8 Å². The summed E-state index contributed by atoms with van der Waals surface area (Å²) in [6.07, 6.45) is 1.05. The molecule has 0 bridgehead atoms. The molecule has 0 aliphatic carbocycles. The average Bonchev–Trinajstić information content (AvgIpc) is 3.18. The second-order valence-corrected chi connectivity index (χ2v) is 8.94. The number of pyridine rings is 1. The number of carbonyl (C=O) groups is 2. The quantitative estimate of drug-likeness (QED) is 0.578. The van der Waals surface area contributed by atoms with Gasteiger partial charge in [-0.3, -0.25) is 4.79 Å². The van der Waals surface area contributed by atoms with Gasteiger partial charge in [0.2, 0.25) is 5.88 Å². The Morgan fingerprint density at radius 1 is 1.44 bits per heavy atom. The van der Waals surface area contributed by atoms with Gasteiger partial charge in [0.15, 0.2) is 5.76 Å². The van der Waals surface area contributed by atoms with Crippen LogP contribution in [0.5, 0.6) is 5.88 Å². The summed E-state index contributed by atoms with van der Waals surface area (Å²) < 4.78 is 16.3. The van der Waals surface area contributed by atoms with E-state index in [1.165, 1.54) is 11.1 Å². The Bertz CT molecular complexity index is 1130. The number of nitrogens with one attached hydrogen (secondary N) is 1. The largest absolute Gasteiger partial charge is 0.472 e. The fraction of sp³-hybridized carbons (Fsp3) is 0.520. The van der Waals surface area contributed by atoms with E-state index in [2.05, 4.69) is 27.3 Å². The van der Waals surface area contributed by atoms with Crippen molar-refractivity contribution >= 4 is 17.6 Å². The highest BCUT2D eigenvalue weighted by atomic mass is 16.5. The van der Waals surface area contributed by atoms with Crippen molar-refractivity contribution in [2.75, 3.05) is 45.8 Å². The molecule has 0 saturated heterocycles. The van der Waals surface area contributed by atoms with Gasteiger partial charge in [-0.15, -0.1) is 0 Å². The van der Waals surface area contributed by atoms with Crippen LogP contribution >= 0.6 is 0 Å². The van der Waals surface area contributed by atoms with Crippen molar-refractivity contribution in [3.8, 4) is 17.7 Å². The van der Waals surface area contributed by atoms with E-state index in [0.717, 1.165) is 0 Å². The van der Waals surface area contributed by atoms with E-state index in [9.17, 15) is 14.7 Å². The zero-order valence-corrected chi connectivity index (χ0v) is 21.5. The van der Waals surface area contributed by atoms with Gasteiger partial charge in [0.05, 0.1) is 19.2 Å². The van der Waals surface area contributed by atoms with Crippen molar-refractivity contribution in [1.82, 2.24) is 19.9 Å². The van der Waals surface area contributed by atoms with Gasteiger partial charge in [0.25, 0.3) is 5.91 Å². The SMILES string of the molecule is COCC#Cc1cnc2c(c1)C(=O)N([C@H](C)CO)C[C@H](C)[C@H](CN(C)C(=O)Nc1c(C)noc1C)O2. The van der Waals surface area contributed by atoms with Crippen LogP contribution in [0.25, 0.3) is 0 Å². The number of ether oxygens (including phenoxy) is 2. The van der Waals surface area contributed by atoms with Crippen LogP contribution in [-0.2, 0) is 4.74 Å². The van der Waals surface area contributed by atoms with Crippen LogP contribution in [0.3, 0.4) is 0 Å². The first kappa shape index (κ1) is 27.0. The highest BCUT2D eigenvalue weighted by Gasteiger charge is 2.34. The fourth-order valence-electron chi connectivity index (χ4n) is 3.82. The Morgan fingerprint density at radius 3 is 2.83 bits per heavy atom. The normalized spacial score (nSPS) is 18.2. The Kier molecular flexibility index (Phi) is 8.90. The van der Waals surface area contributed by atoms with Crippen LogP contribution in [0.4, 0.5) is 10.5 Å². The number of anilines is 1. The number of carbonyl (C=O) groups excluding carboxylic acids is 2. The van der Waals surface area contributed by atoms with Crippen LogP contribution < -0.4 is 10.1 Å². The third kappa shape index (κ3) is 6.13. The number of hydrogen-bond acceptors (Lipinski definition) is 8. The average molecular weight is 500 g/mol. The second-order valence-electron chi connectivity index (χ2n) is 8.94. The Hall–Kier alpha value is -3.62. The number of aryl methyl sites for hydroxylation is 2. The van der Waals surface area contributed by atoms with E-state index in [1.807, 2.05) is 6.92 Å². The maximum absolute atomic E-state index is 13.4. The number of urea groups is 1. The molecule has 3 atom stereocenters. The summed E-state index contributed by atoms with van der Waals surface area (Å²) in [6.45, 7) is 7.78. The lowest BCUT2D eigenvalue weighted by atomic mass is 10.00. The van der Waals surface area contributed by atoms with Crippen molar-refractivity contribution < 1.29 is 28.7 Å². The van der Waals surface area contributed by atoms with Gasteiger partial charge < -0.3 is 34.2 Å². The van der Waals surface area contributed by atoms with E-state index in [1.54, 1.807) is 45.9 Å². The van der Waals surface area contributed by atoms with Gasteiger partial charge >= 0.3 is 6.03 Å². The Morgan fingerprint density at radius 2 is 2.19 bits per heavy atom. The Labute approximate surface area is 210 Å². The van der Waals surface area contributed by atoms with Gasteiger partial charge in [0, 0.05) is 38.4 Å². The summed E-state index contributed by atoms with van der Waals surface area (Å²) in [4.78, 5) is 33.8. The number of aliphatic hydroxyl groups is 1. The van der Waals surface area contributed by atoms with E-state index in [4.69, 9.17) is 14.0 Å². The van der Waals surface area contributed by atoms with E-state index < -0.39 is 12.1 Å². The van der Waals surface area contributed by atoms with Crippen molar-refractivity contribution in [3.63, 3.8) is 0 Å². The van der Waals surface area contributed by atoms with E-state index in [-0.39, 0.29) is 49.1 Å². The van der Waals surface area contributed by atoms with Crippen LogP contribution in [0, 0.1) is 31.6 Å². The first-order valence-electron chi connectivity index (χ1n) is 11.7. The zero-order valence-electron chi connectivity index (χ0n) is 21.5. The van der Waals surface area contributed by atoms with Crippen LogP contribution in [0.2, 0.25) is 0 Å². The standard InChI is InChI=1S/C25H33N5O6/c1-15-12-30(16(2)14-31)24(32)20-10-19(8-7-9-34-6)11-26-23(20)35-21(15)13-29(5)25(33)27-22-17(3)28-36-18(22)4/h10-11,15-16,21,31H,9,12-14H2,1-6H3,(H,27,33)/t15-,16+,21-/m0/s1. The second kappa shape index (κ2) is 11.9. The van der Waals surface area contributed by atoms with Crippen molar-refractivity contribution in [1.29, 1.82) is 0 Å². The van der Waals surface area contributed by atoms with Gasteiger partial charge in [-0.25, -0.2) is 9.78 Å². The summed E-state index contributed by atoms with van der Waals surface area (Å²) in [6, 6.07) is 0.858. The number of hydrogen-bond donors (Lipinski definition) is 2. The molecule has 0 unspecified atom stereocenters. The summed E-state index contributed by atoms with van der Waals surface area (Å²) in [5.74, 6) is 5.96. The molecule has 0 aromatic carbocycles. The van der Waals surface area contributed by atoms with Gasteiger partial charge in [-0.05, 0) is 26.8 Å². The number of rotatable bonds is 6. The third-order valence-electron chi connectivity index (χ3n) is 6.04. The Balaban J connectivity index is 1.88. The molecule has 0 spiro atoms. The number of aliphatic hydroxyl groups excluding tert-OH is 1. The molecule has 3 rings (SSSR count). The number of likely N-dealkylation sites (N-methyl/N-ethyl adjacent to an activating group) is 1. The molecule has 2 aromatic rings. The van der Waals surface area contributed by atoms with E-state index in [0.29, 0.717) is 29.2 Å². The maximum Gasteiger partial charge on any atom is 0.321 e. The number of aromatic nitrogens is 2. The van der Waals surface area contributed by atoms with Crippen molar-refractivity contribution in [2.24, 2.45) is 5.92 Å². The summed E-state index contributed by atoms with van der Waals surface area (Å²) in [5, 5.41) is 16.5. The predicted molar refractivity (Wildman–Crippen MR) is 132 cm³/mol. The topological polar surface area (TPSA) is 130 Å². The number of fused-ring (bicyclic) bond motifs is 1. The molecule has 1 aliphatic heterocycles. The van der Waals surface area contributed by atoms with Crippen molar-refractivity contribution in [3.05, 3.63) is 34.8 Å². The monoisotopic (exact) mass is 499 g/mol. The van der Waals surface area contributed by atoms with E-state index >= 15 is 0 Å². The lowest BCUT2D eigenvalue weighted by Gasteiger charge is -2.37. The summed E-state index contributed by atoms with van der Waals surface area (Å²) >= 11 is 0. The molecule has 0 saturated carbocycles. The molecule has 11 heteroatoms. The molecule has 194 valence electrons. The molecule has 3 amide bonds. The molecule has 2 aromatic heterocycles. The molecular weight excluding hydrogens is 466 g/mol. The third-order valence-corrected chi connectivity index (χ3v) is 6.04. The van der Waals surface area contributed by atoms with Crippen LogP contribution in [0.15, 0.2) is 16.8 Å². The molecular formula is C25H33N5O6. The predicted octanol–water partition coefficient (Wildman–Crippen LogP) is 2.07. The minimum atomic E-state index is -0.483. The molecule has 0 radical (unpaired) electrons. The number of amides is 3. The number of nitrogens with zero attached hydrogens (tertiary/aromatic N) is 4. The summed E-state index contributed by atoms with van der Waals surface area (Å²) in [5.41, 5.74) is 1.90. The molecule has 0 fully saturated rings. The van der Waals surface area contributed by atoms with Crippen LogP contribution in [-0.4, -0.2) is 89.6 Å². The first-order chi connectivity index (χ1) is 17.2. The van der Waals surface area contributed by atoms with Gasteiger partial charge in [0.1, 0.15) is 29.7 Å². The molecule has 3 heterocycles. The lowest BCUT2D eigenvalue weighted by Crippen LogP contribution is -2.50. The van der Waals surface area contributed by atoms with Crippen LogP contribution in [0.1, 0.15) is 41.2 Å². The smallest absolute Gasteiger partial charge is 0.321 e. The molecule has 1 aliphatic rings. The van der Waals surface area contributed by atoms with Gasteiger partial charge in [-0.1, -0.05) is 23.9 Å². The first-order valence-corrected chi connectivity index (χ1v) is 11.7. The minimum Gasteiger partial charge on any atom is -0.472 e. The maximum atomic E-state index is 13.4. The zero-order chi connectivity index (χ0) is 26.4. The molecule has 11 nitrogen and oxygen atoms in total. The summed E-state index contributed by atoms with van der Waals surface area (Å²) in [7, 11) is 3.20. The molecule has 2 N–H and O–H groups in total. The lowest BCUT2D eigenvalue weighted by molar-refractivity contribution is 0.0356. The highest BCUT2D eigenvalue weighted by molar-refractivity contribution is 5.97. The number of methoxy groups -OCH3 is 1. The fourth-order valence-corrected chi connectivity index (χ4v) is 3.82.